The molecule has 1 aromatic heterocycles. The van der Waals surface area contributed by atoms with E-state index in [9.17, 15) is 18.0 Å². The van der Waals surface area contributed by atoms with E-state index in [4.69, 9.17) is 20.8 Å². The maximum Gasteiger partial charge on any atom is 0.258 e. The fourth-order valence-electron chi connectivity index (χ4n) is 3.36. The average molecular weight is 448 g/mol. The van der Waals surface area contributed by atoms with Crippen LogP contribution in [0.4, 0.5) is 0 Å². The van der Waals surface area contributed by atoms with Gasteiger partial charge in [0.1, 0.15) is 17.6 Å². The van der Waals surface area contributed by atoms with Gasteiger partial charge in [-0.25, -0.2) is 8.42 Å². The summed E-state index contributed by atoms with van der Waals surface area (Å²) < 4.78 is 34.0. The Labute approximate surface area is 177 Å². The highest BCUT2D eigenvalue weighted by Crippen LogP contribution is 2.28. The molecule has 1 fully saturated rings. The smallest absolute Gasteiger partial charge is 0.258 e. The van der Waals surface area contributed by atoms with Gasteiger partial charge >= 0.3 is 0 Å². The Morgan fingerprint density at radius 2 is 1.93 bits per heavy atom. The zero-order valence-electron chi connectivity index (χ0n) is 15.8. The van der Waals surface area contributed by atoms with Crippen molar-refractivity contribution in [3.8, 4) is 5.75 Å². The van der Waals surface area contributed by atoms with E-state index >= 15 is 0 Å². The lowest BCUT2D eigenvalue weighted by Gasteiger charge is -2.11. The second kappa shape index (κ2) is 8.12. The van der Waals surface area contributed by atoms with Gasteiger partial charge in [-0.2, -0.15) is 0 Å². The molecule has 1 N–H and O–H groups in total. The fraction of sp³-hybridized carbons (Fsp3) is 0.238. The molecule has 1 saturated heterocycles. The maximum atomic E-state index is 12.8. The number of carbonyl (C=O) groups is 2. The van der Waals surface area contributed by atoms with Crippen molar-refractivity contribution in [2.24, 2.45) is 0 Å². The first kappa shape index (κ1) is 20.4. The number of halogens is 1. The van der Waals surface area contributed by atoms with Crippen molar-refractivity contribution in [3.05, 3.63) is 64.9 Å². The minimum atomic E-state index is -3.07. The Kier molecular flexibility index (Phi) is 5.53. The third-order valence-corrected chi connectivity index (χ3v) is 6.88. The van der Waals surface area contributed by atoms with E-state index in [-0.39, 0.29) is 29.9 Å². The van der Waals surface area contributed by atoms with Crippen molar-refractivity contribution in [1.29, 1.82) is 0 Å². The SMILES string of the molecule is O=C(COc1ccc2occ(C(=O)c3ccc(Cl)cc3)c2c1)N[C@H]1CCS(=O)(=O)C1. The molecule has 7 nitrogen and oxygen atoms in total. The van der Waals surface area contributed by atoms with Crippen molar-refractivity contribution in [1.82, 2.24) is 5.32 Å². The Bertz CT molecular complexity index is 1220. The number of amides is 1. The first-order valence-electron chi connectivity index (χ1n) is 9.25. The van der Waals surface area contributed by atoms with Gasteiger partial charge in [0.05, 0.1) is 17.1 Å². The van der Waals surface area contributed by atoms with Gasteiger partial charge in [-0.3, -0.25) is 9.59 Å². The van der Waals surface area contributed by atoms with Crippen LogP contribution in [0.2, 0.25) is 5.02 Å². The lowest BCUT2D eigenvalue weighted by Crippen LogP contribution is -2.38. The lowest BCUT2D eigenvalue weighted by atomic mass is 10.0. The number of nitrogens with one attached hydrogen (secondary N) is 1. The van der Waals surface area contributed by atoms with Gasteiger partial charge in [0.25, 0.3) is 5.91 Å². The summed E-state index contributed by atoms with van der Waals surface area (Å²) in [6.45, 7) is -0.264. The van der Waals surface area contributed by atoms with Gasteiger partial charge in [0.2, 0.25) is 0 Å². The number of sulfone groups is 1. The van der Waals surface area contributed by atoms with E-state index in [0.29, 0.717) is 39.3 Å². The summed E-state index contributed by atoms with van der Waals surface area (Å²) in [7, 11) is -3.07. The Hall–Kier alpha value is -2.84. The molecule has 156 valence electrons. The number of fused-ring (bicyclic) bond motifs is 1. The predicted molar refractivity (Wildman–Crippen MR) is 112 cm³/mol. The van der Waals surface area contributed by atoms with Crippen LogP contribution >= 0.6 is 11.6 Å². The number of ketones is 1. The Balaban J connectivity index is 1.45. The normalized spacial score (nSPS) is 17.7. The highest BCUT2D eigenvalue weighted by Gasteiger charge is 2.28. The van der Waals surface area contributed by atoms with Crippen molar-refractivity contribution in [2.45, 2.75) is 12.5 Å². The molecule has 1 aliphatic heterocycles. The van der Waals surface area contributed by atoms with Gasteiger partial charge in [0, 0.05) is 22.0 Å². The molecular weight excluding hydrogens is 430 g/mol. The van der Waals surface area contributed by atoms with Crippen molar-refractivity contribution < 1.29 is 27.2 Å². The summed E-state index contributed by atoms with van der Waals surface area (Å²) in [5.74, 6) is -0.191. The topological polar surface area (TPSA) is 103 Å². The molecule has 0 spiro atoms. The fourth-order valence-corrected chi connectivity index (χ4v) is 5.16. The highest BCUT2D eigenvalue weighted by atomic mass is 35.5. The van der Waals surface area contributed by atoms with E-state index in [2.05, 4.69) is 5.32 Å². The molecule has 0 radical (unpaired) electrons. The third kappa shape index (κ3) is 4.49. The van der Waals surface area contributed by atoms with E-state index in [1.54, 1.807) is 42.5 Å². The first-order chi connectivity index (χ1) is 14.3. The molecule has 30 heavy (non-hydrogen) atoms. The van der Waals surface area contributed by atoms with Crippen LogP contribution in [-0.2, 0) is 14.6 Å². The van der Waals surface area contributed by atoms with Crippen LogP contribution in [0.15, 0.2) is 53.1 Å². The van der Waals surface area contributed by atoms with Crippen LogP contribution in [0.3, 0.4) is 0 Å². The van der Waals surface area contributed by atoms with Crippen LogP contribution in [0, 0.1) is 0 Å². The molecule has 0 unspecified atom stereocenters. The lowest BCUT2D eigenvalue weighted by molar-refractivity contribution is -0.123. The maximum absolute atomic E-state index is 12.8. The van der Waals surface area contributed by atoms with Crippen molar-refractivity contribution in [3.63, 3.8) is 0 Å². The molecule has 2 aromatic carbocycles. The number of furan rings is 1. The number of ether oxygens (including phenoxy) is 1. The van der Waals surface area contributed by atoms with E-state index in [0.717, 1.165) is 0 Å². The standard InChI is InChI=1S/C21H18ClNO6S/c22-14-3-1-13(2-4-14)21(25)18-10-29-19-6-5-16(9-17(18)19)28-11-20(24)23-15-7-8-30(26,27)12-15/h1-6,9-10,15H,7-8,11-12H2,(H,23,24)/t15-/m0/s1. The molecule has 1 amide bonds. The number of hydrogen-bond donors (Lipinski definition) is 1. The molecule has 9 heteroatoms. The van der Waals surface area contributed by atoms with Crippen LogP contribution in [0.25, 0.3) is 11.0 Å². The summed E-state index contributed by atoms with van der Waals surface area (Å²) in [5, 5.41) is 3.77. The molecule has 1 aliphatic rings. The van der Waals surface area contributed by atoms with Crippen LogP contribution in [0.1, 0.15) is 22.3 Å². The Morgan fingerprint density at radius 3 is 2.63 bits per heavy atom. The molecule has 2 heterocycles. The molecule has 3 aromatic rings. The minimum absolute atomic E-state index is 0.0457. The second-order valence-corrected chi connectivity index (χ2v) is 9.76. The van der Waals surface area contributed by atoms with E-state index in [1.807, 2.05) is 0 Å². The largest absolute Gasteiger partial charge is 0.484 e. The first-order valence-corrected chi connectivity index (χ1v) is 11.4. The molecule has 4 rings (SSSR count). The summed E-state index contributed by atoms with van der Waals surface area (Å²) in [6.07, 6.45) is 1.80. The monoisotopic (exact) mass is 447 g/mol. The summed E-state index contributed by atoms with van der Waals surface area (Å²) in [5.41, 5.74) is 1.36. The minimum Gasteiger partial charge on any atom is -0.484 e. The zero-order valence-corrected chi connectivity index (χ0v) is 17.3. The average Bonchev–Trinajstić information content (AvgIpc) is 3.28. The summed E-state index contributed by atoms with van der Waals surface area (Å²) >= 11 is 5.88. The van der Waals surface area contributed by atoms with Gasteiger partial charge < -0.3 is 14.5 Å². The van der Waals surface area contributed by atoms with Gasteiger partial charge in [-0.05, 0) is 48.9 Å². The van der Waals surface area contributed by atoms with Gasteiger partial charge in [-0.15, -0.1) is 0 Å². The molecule has 0 bridgehead atoms. The number of carbonyl (C=O) groups excluding carboxylic acids is 2. The number of rotatable bonds is 6. The quantitative estimate of drug-likeness (QED) is 0.583. The van der Waals surface area contributed by atoms with E-state index < -0.39 is 15.7 Å². The van der Waals surface area contributed by atoms with Crippen LogP contribution in [0.5, 0.6) is 5.75 Å². The third-order valence-electron chi connectivity index (χ3n) is 4.86. The Morgan fingerprint density at radius 1 is 1.17 bits per heavy atom. The van der Waals surface area contributed by atoms with Crippen molar-refractivity contribution >= 4 is 44.1 Å². The highest BCUT2D eigenvalue weighted by molar-refractivity contribution is 7.91. The molecular formula is C21H18ClNO6S. The molecule has 0 saturated carbocycles. The molecule has 1 atom stereocenters. The summed E-state index contributed by atoms with van der Waals surface area (Å²) in [4.78, 5) is 24.9. The van der Waals surface area contributed by atoms with Crippen LogP contribution in [-0.4, -0.2) is 44.3 Å². The second-order valence-electron chi connectivity index (χ2n) is 7.10. The number of benzene rings is 2. The van der Waals surface area contributed by atoms with E-state index in [1.165, 1.54) is 6.26 Å². The molecule has 0 aliphatic carbocycles. The number of hydrogen-bond acceptors (Lipinski definition) is 6. The van der Waals surface area contributed by atoms with Gasteiger partial charge in [-0.1, -0.05) is 11.6 Å². The predicted octanol–water partition coefficient (Wildman–Crippen LogP) is 3.00. The van der Waals surface area contributed by atoms with Crippen LogP contribution < -0.4 is 10.1 Å². The van der Waals surface area contributed by atoms with Gasteiger partial charge in [0.15, 0.2) is 22.2 Å². The zero-order chi connectivity index (χ0) is 21.3. The van der Waals surface area contributed by atoms with Crippen molar-refractivity contribution in [2.75, 3.05) is 18.1 Å². The summed E-state index contributed by atoms with van der Waals surface area (Å²) in [6, 6.07) is 11.1.